The van der Waals surface area contributed by atoms with E-state index in [1.165, 1.54) is 0 Å². The van der Waals surface area contributed by atoms with Crippen LogP contribution in [0.2, 0.25) is 0 Å². The topological polar surface area (TPSA) is 25.8 Å². The highest BCUT2D eigenvalue weighted by Crippen LogP contribution is 2.28. The number of rotatable bonds is 1. The molecule has 1 aromatic heterocycles. The number of alkyl halides is 3. The van der Waals surface area contributed by atoms with Gasteiger partial charge in [-0.2, -0.15) is 23.1 Å². The Hall–Kier alpha value is -1.17. The molecule has 1 heterocycles. The van der Waals surface area contributed by atoms with Gasteiger partial charge in [-0.05, 0) is 6.07 Å². The molecule has 0 amide bonds. The van der Waals surface area contributed by atoms with Crippen molar-refractivity contribution in [3.8, 4) is 0 Å². The van der Waals surface area contributed by atoms with Gasteiger partial charge in [-0.15, -0.1) is 0 Å². The molecule has 14 heavy (non-hydrogen) atoms. The average Bonchev–Trinajstić information content (AvgIpc) is 2.01. The maximum Gasteiger partial charge on any atom is 0.433 e. The minimum atomic E-state index is -4.41. The van der Waals surface area contributed by atoms with Crippen molar-refractivity contribution in [1.82, 2.24) is 14.5 Å². The zero-order valence-electron chi connectivity index (χ0n) is 8.13. The first-order valence-corrected chi connectivity index (χ1v) is 3.93. The van der Waals surface area contributed by atoms with Gasteiger partial charge in [0.15, 0.2) is 5.69 Å². The molecule has 0 radical (unpaired) electrons. The second kappa shape index (κ2) is 3.20. The van der Waals surface area contributed by atoms with E-state index >= 15 is 0 Å². The van der Waals surface area contributed by atoms with Gasteiger partial charge in [-0.25, -0.2) is 0 Å². The van der Waals surface area contributed by atoms with E-state index < -0.39 is 11.9 Å². The zero-order valence-corrected chi connectivity index (χ0v) is 8.13. The van der Waals surface area contributed by atoms with Crippen molar-refractivity contribution in [2.45, 2.75) is 6.18 Å². The van der Waals surface area contributed by atoms with Crippen LogP contribution in [0.3, 0.4) is 0 Å². The van der Waals surface area contributed by atoms with Gasteiger partial charge >= 0.3 is 12.1 Å². The summed E-state index contributed by atoms with van der Waals surface area (Å²) in [5.41, 5.74) is -0.907. The Morgan fingerprint density at radius 1 is 1.21 bits per heavy atom. The van der Waals surface area contributed by atoms with E-state index in [4.69, 9.17) is 0 Å². The highest BCUT2D eigenvalue weighted by Gasteiger charge is 2.34. The molecule has 0 aliphatic rings. The largest absolute Gasteiger partial charge is 0.433 e. The molecule has 0 atom stereocenters. The maximum atomic E-state index is 12.3. The summed E-state index contributed by atoms with van der Waals surface area (Å²) in [4.78, 5) is 7.24. The number of quaternary nitrogens is 1. The van der Waals surface area contributed by atoms with Crippen LogP contribution in [0, 0.1) is 0 Å². The molecule has 0 spiro atoms. The van der Waals surface area contributed by atoms with Crippen molar-refractivity contribution in [3.63, 3.8) is 0 Å². The van der Waals surface area contributed by atoms with Gasteiger partial charge in [-0.3, -0.25) is 4.48 Å². The number of hydrogen-bond donors (Lipinski definition) is 0. The summed E-state index contributed by atoms with van der Waals surface area (Å²) >= 11 is 0. The van der Waals surface area contributed by atoms with Gasteiger partial charge in [0.2, 0.25) is 0 Å². The van der Waals surface area contributed by atoms with E-state index in [-0.39, 0.29) is 10.4 Å². The Morgan fingerprint density at radius 3 is 2.21 bits per heavy atom. The quantitative estimate of drug-likeness (QED) is 0.653. The molecule has 0 aliphatic heterocycles. The Balaban J connectivity index is 3.15. The highest BCUT2D eigenvalue weighted by atomic mass is 19.4. The standard InChI is InChI=1S/C8H11F3N3/c1-14(2,3)7-12-5-4-6(13-7)8(9,10)11/h4-5H,1-3H3/q+1. The lowest BCUT2D eigenvalue weighted by Crippen LogP contribution is -2.37. The fraction of sp³-hybridized carbons (Fsp3) is 0.500. The molecule has 0 saturated carbocycles. The molecule has 0 saturated heterocycles. The number of halogens is 3. The highest BCUT2D eigenvalue weighted by molar-refractivity contribution is 5.23. The number of nitrogens with zero attached hydrogens (tertiary/aromatic N) is 3. The average molecular weight is 206 g/mol. The fourth-order valence-electron chi connectivity index (χ4n) is 0.829. The summed E-state index contributed by atoms with van der Waals surface area (Å²) in [6, 6.07) is 0.860. The fourth-order valence-corrected chi connectivity index (χ4v) is 0.829. The molecule has 0 bridgehead atoms. The molecule has 0 aliphatic carbocycles. The first-order chi connectivity index (χ1) is 6.21. The van der Waals surface area contributed by atoms with Crippen LogP contribution in [-0.2, 0) is 6.18 Å². The van der Waals surface area contributed by atoms with Gasteiger partial charge in [-0.1, -0.05) is 0 Å². The van der Waals surface area contributed by atoms with Crippen molar-refractivity contribution >= 4 is 5.95 Å². The normalized spacial score (nSPS) is 13.0. The Kier molecular flexibility index (Phi) is 2.49. The van der Waals surface area contributed by atoms with E-state index in [0.29, 0.717) is 0 Å². The molecule has 0 unspecified atom stereocenters. The molecule has 78 valence electrons. The van der Waals surface area contributed by atoms with Crippen LogP contribution in [0.4, 0.5) is 19.1 Å². The van der Waals surface area contributed by atoms with Gasteiger partial charge in [0.05, 0.1) is 21.1 Å². The molecular weight excluding hydrogens is 195 g/mol. The van der Waals surface area contributed by atoms with Gasteiger partial charge in [0, 0.05) is 6.20 Å². The number of aromatic nitrogens is 2. The summed E-state index contributed by atoms with van der Waals surface area (Å²) in [5, 5.41) is 0. The van der Waals surface area contributed by atoms with Crippen LogP contribution in [-0.4, -0.2) is 31.1 Å². The van der Waals surface area contributed by atoms with Crippen molar-refractivity contribution in [2.24, 2.45) is 0 Å². The van der Waals surface area contributed by atoms with E-state index in [1.54, 1.807) is 21.1 Å². The van der Waals surface area contributed by atoms with E-state index in [1.807, 2.05) is 0 Å². The second-order valence-electron chi connectivity index (χ2n) is 3.75. The Labute approximate surface area is 79.8 Å². The molecule has 1 aromatic rings. The third kappa shape index (κ3) is 2.41. The van der Waals surface area contributed by atoms with Crippen LogP contribution >= 0.6 is 0 Å². The van der Waals surface area contributed by atoms with Gasteiger partial charge in [0.25, 0.3) is 0 Å². The molecular formula is C8H11F3N3+. The van der Waals surface area contributed by atoms with Crippen LogP contribution in [0.5, 0.6) is 0 Å². The molecule has 6 heteroatoms. The Bertz CT molecular complexity index is 298. The molecule has 0 aromatic carbocycles. The minimum Gasteiger partial charge on any atom is -0.264 e. The van der Waals surface area contributed by atoms with E-state index in [2.05, 4.69) is 9.97 Å². The summed E-state index contributed by atoms with van der Waals surface area (Å²) < 4.78 is 36.9. The van der Waals surface area contributed by atoms with Gasteiger partial charge in [0.1, 0.15) is 0 Å². The van der Waals surface area contributed by atoms with E-state index in [9.17, 15) is 13.2 Å². The molecule has 3 nitrogen and oxygen atoms in total. The van der Waals surface area contributed by atoms with Crippen LogP contribution in [0.25, 0.3) is 0 Å². The smallest absolute Gasteiger partial charge is 0.264 e. The summed E-state index contributed by atoms with van der Waals surface area (Å²) in [6.07, 6.45) is -3.29. The summed E-state index contributed by atoms with van der Waals surface area (Å²) in [7, 11) is 5.11. The first-order valence-electron chi connectivity index (χ1n) is 3.93. The predicted molar refractivity (Wildman–Crippen MR) is 46.6 cm³/mol. The van der Waals surface area contributed by atoms with Gasteiger partial charge < -0.3 is 0 Å². The Morgan fingerprint density at radius 2 is 1.79 bits per heavy atom. The molecule has 0 fully saturated rings. The van der Waals surface area contributed by atoms with Crippen LogP contribution in [0.1, 0.15) is 5.69 Å². The molecule has 1 rings (SSSR count). The maximum absolute atomic E-state index is 12.3. The van der Waals surface area contributed by atoms with Crippen molar-refractivity contribution in [3.05, 3.63) is 18.0 Å². The minimum absolute atomic E-state index is 0.139. The molecule has 0 N–H and O–H groups in total. The van der Waals surface area contributed by atoms with Crippen molar-refractivity contribution in [2.75, 3.05) is 21.1 Å². The zero-order chi connectivity index (χ0) is 11.0. The monoisotopic (exact) mass is 206 g/mol. The third-order valence-corrected chi connectivity index (χ3v) is 1.53. The number of hydrogen-bond acceptors (Lipinski definition) is 2. The summed E-state index contributed by atoms with van der Waals surface area (Å²) in [6.45, 7) is 0. The lowest BCUT2D eigenvalue weighted by Gasteiger charge is -2.20. The van der Waals surface area contributed by atoms with E-state index in [0.717, 1.165) is 12.3 Å². The lowest BCUT2D eigenvalue weighted by atomic mass is 10.4. The SMILES string of the molecule is C[N+](C)(C)c1nccc(C(F)(F)F)n1. The predicted octanol–water partition coefficient (Wildman–Crippen LogP) is 1.69. The summed E-state index contributed by atoms with van der Waals surface area (Å²) in [5.74, 6) is 0.139. The van der Waals surface area contributed by atoms with Crippen LogP contribution < -0.4 is 4.48 Å². The lowest BCUT2D eigenvalue weighted by molar-refractivity contribution is -0.141. The third-order valence-electron chi connectivity index (χ3n) is 1.53. The van der Waals surface area contributed by atoms with Crippen LogP contribution in [0.15, 0.2) is 12.3 Å². The van der Waals surface area contributed by atoms with Crippen molar-refractivity contribution < 1.29 is 13.2 Å². The first kappa shape index (κ1) is 10.9. The second-order valence-corrected chi connectivity index (χ2v) is 3.75. The van der Waals surface area contributed by atoms with Crippen molar-refractivity contribution in [1.29, 1.82) is 0 Å².